The third kappa shape index (κ3) is 77.2. The highest BCUT2D eigenvalue weighted by atomic mass is 32.2. The second kappa shape index (κ2) is 57.6. The lowest BCUT2D eigenvalue weighted by atomic mass is 9.82. The van der Waals surface area contributed by atoms with Crippen LogP contribution in [0.2, 0.25) is 0 Å². The average molecular weight is 1760 g/mol. The van der Waals surface area contributed by atoms with Crippen molar-refractivity contribution in [2.75, 3.05) is 75.3 Å². The number of hydrogen-bond donors (Lipinski definition) is 7. The Hall–Kier alpha value is -3.13. The minimum absolute atomic E-state index is 0.131. The van der Waals surface area contributed by atoms with E-state index in [2.05, 4.69) is 135 Å². The van der Waals surface area contributed by atoms with Crippen molar-refractivity contribution in [1.29, 1.82) is 0 Å². The Morgan fingerprint density at radius 2 is 0.617 bits per heavy atom. The Balaban J connectivity index is -0.000000249. The van der Waals surface area contributed by atoms with Crippen LogP contribution in [-0.2, 0) is 47.9 Å². The van der Waals surface area contributed by atoms with Gasteiger partial charge in [0.1, 0.15) is 40.5 Å². The largest absolute Gasteiger partial charge is 0.368 e. The van der Waals surface area contributed by atoms with Crippen molar-refractivity contribution in [3.05, 3.63) is 0 Å². The Morgan fingerprint density at radius 3 is 0.883 bits per heavy atom. The van der Waals surface area contributed by atoms with Crippen LogP contribution in [-0.4, -0.2) is 211 Å². The van der Waals surface area contributed by atoms with Crippen molar-refractivity contribution in [1.82, 2.24) is 36.0 Å². The molecule has 0 aromatic heterocycles. The molecule has 0 bridgehead atoms. The van der Waals surface area contributed by atoms with Crippen LogP contribution in [0.25, 0.3) is 0 Å². The van der Waals surface area contributed by atoms with Gasteiger partial charge in [-0.1, -0.05) is 152 Å². The molecule has 0 aliphatic carbocycles. The first-order valence-corrected chi connectivity index (χ1v) is 47.9. The van der Waals surface area contributed by atoms with Crippen molar-refractivity contribution in [2.24, 2.45) is 61.0 Å². The maximum absolute atomic E-state index is 11.9. The standard InChI is InChI=1S/2C14H28N2O2S.4C14H29NO.C13H26N2O2S/c1-13(2,3)11(17)9-19-8-10(12(15)18)16(7)14(4,5)6;1-13(2,3)11(17)7-8-19-9-10(12(15)18)16-14(4,5)6;2*1-13(2,3)12(16)10-8-9-11-15(7)14(4,5)6;1-11(12(16)13(2,3)4)9-8-10-15-14(5,6)7;1-11(15-14(5,6)7)9-8-10-12(16)13(2,3)4;1-12(2,3)10(16)8-18-7-9(11(14)17)15-13(4,5)6/h10H,8-9H2,1-7H3,(H2,15,18);10,16H,7-9H2,1-6H3,(H2,15,18);2*8-11H2,1-7H3;2*11,15H,8-10H2,1-7H3;9,15H,7-8H2,1-6H3,(H2,14,17)/t2*10-;;;;;9-/m11....1/s1. The lowest BCUT2D eigenvalue weighted by Crippen LogP contribution is -2.52. The molecule has 0 fully saturated rings. The minimum atomic E-state index is -0.400. The molecule has 2 unspecified atom stereocenters. The van der Waals surface area contributed by atoms with Gasteiger partial charge in [-0.2, -0.15) is 35.3 Å². The number of ketones is 7. The van der Waals surface area contributed by atoms with E-state index in [4.69, 9.17) is 17.2 Å². The van der Waals surface area contributed by atoms with Gasteiger partial charge in [0.05, 0.1) is 29.6 Å². The number of hydrogen-bond acceptors (Lipinski definition) is 20. The minimum Gasteiger partial charge on any atom is -0.368 e. The SMILES string of the molecule is CC(C)(C)N[C@H](CSCC(=O)C(C)(C)C)C(N)=O.CC(C)(C)N[C@H](CSCCC(=O)C(C)(C)C)C(N)=O.CC(CCCC(=O)C(C)(C)C)NC(C)(C)C.CC(CCCNC(C)(C)C)C(=O)C(C)(C)C.CN(CCCCC(=O)C(C)(C)C)C(C)(C)C.CN(CCCCC(=O)C(C)(C)C)C(C)(C)C.CN([C@H](CSCC(=O)C(C)(C)C)C(N)=O)C(C)(C)C. The number of carbonyl (C=O) groups excluding carboxylic acids is 10. The number of rotatable bonds is 39. The van der Waals surface area contributed by atoms with E-state index < -0.39 is 6.04 Å². The van der Waals surface area contributed by atoms with Gasteiger partial charge in [0.25, 0.3) is 0 Å². The predicted octanol–water partition coefficient (Wildman–Crippen LogP) is 19.4. The molecule has 10 N–H and O–H groups in total. The number of carbonyl (C=O) groups is 10. The molecule has 0 heterocycles. The molecule has 0 spiro atoms. The Bertz CT molecular complexity index is 2880. The Labute approximate surface area is 753 Å². The summed E-state index contributed by atoms with van der Waals surface area (Å²) in [6.45, 7) is 92.8. The summed E-state index contributed by atoms with van der Waals surface area (Å²) in [5.41, 5.74) is 14.9. The summed E-state index contributed by atoms with van der Waals surface area (Å²) in [5, 5.41) is 13.3. The van der Waals surface area contributed by atoms with Gasteiger partial charge in [0.2, 0.25) is 17.7 Å². The molecule has 5 atom stereocenters. The highest BCUT2D eigenvalue weighted by Crippen LogP contribution is 2.27. The summed E-state index contributed by atoms with van der Waals surface area (Å²) >= 11 is 4.52. The monoisotopic (exact) mass is 1760 g/mol. The zero-order valence-corrected chi connectivity index (χ0v) is 89.6. The molecular weight excluding hydrogens is 1560 g/mol. The van der Waals surface area contributed by atoms with E-state index in [-0.39, 0.29) is 130 Å². The summed E-state index contributed by atoms with van der Waals surface area (Å²) in [4.78, 5) is 123. The van der Waals surface area contributed by atoms with E-state index in [1.807, 2.05) is 227 Å². The van der Waals surface area contributed by atoms with E-state index in [9.17, 15) is 47.9 Å². The summed E-state index contributed by atoms with van der Waals surface area (Å²) < 4.78 is 0. The van der Waals surface area contributed by atoms with Crippen molar-refractivity contribution >= 4 is 93.5 Å². The first-order chi connectivity index (χ1) is 52.9. The molecule has 0 saturated heterocycles. The molecule has 0 aromatic carbocycles. The summed E-state index contributed by atoms with van der Waals surface area (Å²) in [7, 11) is 6.18. The van der Waals surface area contributed by atoms with Crippen LogP contribution in [0.3, 0.4) is 0 Å². The topological polar surface area (TPSA) is 307 Å². The highest BCUT2D eigenvalue weighted by Gasteiger charge is 2.33. The van der Waals surface area contributed by atoms with Crippen LogP contribution in [0.1, 0.15) is 382 Å². The number of nitrogens with two attached hydrogens (primary N) is 3. The van der Waals surface area contributed by atoms with E-state index in [1.54, 1.807) is 11.8 Å². The molecule has 0 aliphatic heterocycles. The summed E-state index contributed by atoms with van der Waals surface area (Å²) in [5.74, 6) is 4.50. The molecule has 0 saturated carbocycles. The third-order valence-electron chi connectivity index (χ3n) is 19.5. The third-order valence-corrected chi connectivity index (χ3v) is 22.6. The van der Waals surface area contributed by atoms with E-state index in [1.165, 1.54) is 23.5 Å². The molecule has 120 heavy (non-hydrogen) atoms. The zero-order valence-electron chi connectivity index (χ0n) is 87.1. The highest BCUT2D eigenvalue weighted by molar-refractivity contribution is 8.00. The fraction of sp³-hybridized carbons (Fsp3) is 0.897. The number of nitrogens with one attached hydrogen (secondary N) is 4. The lowest BCUT2D eigenvalue weighted by Gasteiger charge is -2.37. The fourth-order valence-corrected chi connectivity index (χ4v) is 13.7. The van der Waals surface area contributed by atoms with Crippen molar-refractivity contribution in [2.45, 2.75) is 445 Å². The van der Waals surface area contributed by atoms with Crippen molar-refractivity contribution in [3.8, 4) is 0 Å². The molecule has 3 amide bonds. The van der Waals surface area contributed by atoms with Gasteiger partial charge >= 0.3 is 0 Å². The summed E-state index contributed by atoms with van der Waals surface area (Å²) in [6, 6.07) is -0.622. The first-order valence-electron chi connectivity index (χ1n) is 44.5. The molecule has 0 rings (SSSR count). The molecule has 0 aliphatic rings. The first kappa shape index (κ1) is 130. The van der Waals surface area contributed by atoms with Gasteiger partial charge < -0.3 is 48.3 Å². The van der Waals surface area contributed by atoms with Crippen molar-refractivity contribution in [3.63, 3.8) is 0 Å². The average Bonchev–Trinajstić information content (AvgIpc) is 0.813. The van der Waals surface area contributed by atoms with Gasteiger partial charge in [-0.3, -0.25) is 52.8 Å². The molecular formula is C97H198N10O10S3. The van der Waals surface area contributed by atoms with Crippen LogP contribution in [0, 0.1) is 43.8 Å². The van der Waals surface area contributed by atoms with Gasteiger partial charge in [-0.05, 0) is 244 Å². The molecule has 20 nitrogen and oxygen atoms in total. The molecule has 0 radical (unpaired) electrons. The maximum Gasteiger partial charge on any atom is 0.235 e. The van der Waals surface area contributed by atoms with E-state index in [0.29, 0.717) is 70.8 Å². The normalized spacial score (nSPS) is 14.2. The Kier molecular flexibility index (Phi) is 62.4. The number of primary amides is 3. The van der Waals surface area contributed by atoms with Crippen molar-refractivity contribution < 1.29 is 47.9 Å². The predicted molar refractivity (Wildman–Crippen MR) is 525 cm³/mol. The number of Topliss-reactive ketones (excluding diaryl/α,β-unsaturated/α-hetero) is 7. The molecule has 714 valence electrons. The van der Waals surface area contributed by atoms with E-state index in [0.717, 1.165) is 89.6 Å². The number of nitrogens with zero attached hydrogens (tertiary/aromatic N) is 3. The second-order valence-electron chi connectivity index (χ2n) is 47.4. The van der Waals surface area contributed by atoms with Gasteiger partial charge in [0.15, 0.2) is 0 Å². The summed E-state index contributed by atoms with van der Waals surface area (Å²) in [6.07, 6.45) is 11.0. The second-order valence-corrected chi connectivity index (χ2v) is 50.6. The van der Waals surface area contributed by atoms with Crippen LogP contribution in [0.5, 0.6) is 0 Å². The number of amides is 3. The van der Waals surface area contributed by atoms with Crippen LogP contribution < -0.4 is 38.5 Å². The fourth-order valence-electron chi connectivity index (χ4n) is 10.2. The number of likely N-dealkylation sites (N-methyl/N-ethyl adjacent to an activating group) is 1. The van der Waals surface area contributed by atoms with Gasteiger partial charge in [0, 0.05) is 137 Å². The molecule has 23 heteroatoms. The van der Waals surface area contributed by atoms with Gasteiger partial charge in [-0.25, -0.2) is 0 Å². The zero-order chi connectivity index (χ0) is 97.2. The maximum atomic E-state index is 11.9. The van der Waals surface area contributed by atoms with Crippen LogP contribution in [0.15, 0.2) is 0 Å². The number of unbranched alkanes of at least 4 members (excludes halogenated alkanes) is 2. The van der Waals surface area contributed by atoms with Gasteiger partial charge in [-0.15, -0.1) is 0 Å². The number of thioether (sulfide) groups is 3. The van der Waals surface area contributed by atoms with Crippen LogP contribution >= 0.6 is 35.3 Å². The molecule has 0 aromatic rings. The Morgan fingerprint density at radius 1 is 0.317 bits per heavy atom. The smallest absolute Gasteiger partial charge is 0.235 e. The lowest BCUT2D eigenvalue weighted by molar-refractivity contribution is -0.130. The quantitative estimate of drug-likeness (QED) is 0.0281. The van der Waals surface area contributed by atoms with E-state index >= 15 is 0 Å². The van der Waals surface area contributed by atoms with Crippen LogP contribution in [0.4, 0.5) is 0 Å².